The molecule has 0 aliphatic carbocycles. The summed E-state index contributed by atoms with van der Waals surface area (Å²) in [4.78, 5) is 24.3. The number of carbonyl (C=O) groups excluding carboxylic acids is 1. The van der Waals surface area contributed by atoms with E-state index < -0.39 is 12.0 Å². The second-order valence-electron chi connectivity index (χ2n) is 4.07. The van der Waals surface area contributed by atoms with Crippen LogP contribution in [-0.2, 0) is 4.79 Å². The largest absolute Gasteiger partial charge is 0.480 e. The number of aliphatic carboxylic acids is 1. The van der Waals surface area contributed by atoms with E-state index in [0.29, 0.717) is 13.0 Å². The average molecular weight is 262 g/mol. The van der Waals surface area contributed by atoms with Crippen molar-refractivity contribution in [3.8, 4) is 0 Å². The van der Waals surface area contributed by atoms with Crippen LogP contribution in [0.25, 0.3) is 0 Å². The molecule has 5 nitrogen and oxygen atoms in total. The lowest BCUT2D eigenvalue weighted by Crippen LogP contribution is -2.49. The van der Waals surface area contributed by atoms with Gasteiger partial charge in [0.1, 0.15) is 6.04 Å². The van der Waals surface area contributed by atoms with Gasteiger partial charge >= 0.3 is 12.0 Å². The molecule has 0 fully saturated rings. The highest BCUT2D eigenvalue weighted by Gasteiger charge is 2.26. The van der Waals surface area contributed by atoms with E-state index in [2.05, 4.69) is 5.32 Å². The van der Waals surface area contributed by atoms with Crippen LogP contribution >= 0.6 is 11.8 Å². The maximum absolute atomic E-state index is 11.7. The van der Waals surface area contributed by atoms with Crippen LogP contribution in [0, 0.1) is 5.92 Å². The first-order valence-corrected chi connectivity index (χ1v) is 7.06. The molecule has 0 aliphatic rings. The summed E-state index contributed by atoms with van der Waals surface area (Å²) < 4.78 is 0. The lowest BCUT2D eigenvalue weighted by Gasteiger charge is -2.24. The van der Waals surface area contributed by atoms with Gasteiger partial charge in [0.05, 0.1) is 0 Å². The van der Waals surface area contributed by atoms with Gasteiger partial charge in [-0.1, -0.05) is 20.3 Å². The number of thioether (sulfide) groups is 1. The van der Waals surface area contributed by atoms with E-state index in [1.54, 1.807) is 18.8 Å². The number of carboxylic acid groups (broad SMARTS) is 1. The van der Waals surface area contributed by atoms with Crippen molar-refractivity contribution in [3.63, 3.8) is 0 Å². The predicted octanol–water partition coefficient (Wildman–Crippen LogP) is 1.49. The van der Waals surface area contributed by atoms with Gasteiger partial charge in [-0.2, -0.15) is 11.8 Å². The molecule has 0 unspecified atom stereocenters. The lowest BCUT2D eigenvalue weighted by molar-refractivity contribution is -0.140. The monoisotopic (exact) mass is 262 g/mol. The normalized spacial score (nSPS) is 13.9. The van der Waals surface area contributed by atoms with Gasteiger partial charge in [-0.05, 0) is 12.2 Å². The molecule has 0 saturated heterocycles. The number of carboxylic acids is 1. The highest BCUT2D eigenvalue weighted by Crippen LogP contribution is 2.08. The van der Waals surface area contributed by atoms with Crippen LogP contribution in [0.5, 0.6) is 0 Å². The molecule has 100 valence electrons. The fourth-order valence-corrected chi connectivity index (χ4v) is 1.71. The van der Waals surface area contributed by atoms with E-state index >= 15 is 0 Å². The Hall–Kier alpha value is -0.910. The lowest BCUT2D eigenvalue weighted by atomic mass is 9.99. The molecule has 6 heteroatoms. The first kappa shape index (κ1) is 16.1. The molecule has 2 amide bonds. The zero-order chi connectivity index (χ0) is 13.4. The fraction of sp³-hybridized carbons (Fsp3) is 0.818. The van der Waals surface area contributed by atoms with E-state index in [4.69, 9.17) is 5.11 Å². The molecule has 0 aromatic heterocycles. The van der Waals surface area contributed by atoms with Crippen molar-refractivity contribution < 1.29 is 14.7 Å². The topological polar surface area (TPSA) is 69.6 Å². The Morgan fingerprint density at radius 2 is 2.06 bits per heavy atom. The Bertz CT molecular complexity index is 261. The number of carbonyl (C=O) groups is 2. The third-order valence-electron chi connectivity index (χ3n) is 2.74. The molecule has 0 heterocycles. The molecule has 0 aliphatic heterocycles. The highest BCUT2D eigenvalue weighted by atomic mass is 32.2. The summed E-state index contributed by atoms with van der Waals surface area (Å²) in [6, 6.07) is -1.14. The zero-order valence-electron chi connectivity index (χ0n) is 10.9. The summed E-state index contributed by atoms with van der Waals surface area (Å²) in [6.07, 6.45) is 2.68. The Morgan fingerprint density at radius 1 is 1.47 bits per heavy atom. The quantitative estimate of drug-likeness (QED) is 0.729. The first-order valence-electron chi connectivity index (χ1n) is 5.67. The minimum atomic E-state index is -0.981. The van der Waals surface area contributed by atoms with E-state index in [1.807, 2.05) is 20.1 Å². The van der Waals surface area contributed by atoms with Crippen molar-refractivity contribution >= 4 is 23.8 Å². The Morgan fingerprint density at radius 3 is 2.47 bits per heavy atom. The number of nitrogens with zero attached hydrogens (tertiary/aromatic N) is 1. The standard InChI is InChI=1S/C11H22N2O3S/c1-5-8(2)9(10(14)15)12-11(16)13(3)6-7-17-4/h8-9H,5-7H2,1-4H3,(H,12,16)(H,14,15)/t8-,9-/m0/s1. The maximum atomic E-state index is 11.7. The molecule has 0 bridgehead atoms. The van der Waals surface area contributed by atoms with Gasteiger partial charge in [-0.3, -0.25) is 0 Å². The summed E-state index contributed by atoms with van der Waals surface area (Å²) >= 11 is 1.65. The Balaban J connectivity index is 4.35. The van der Waals surface area contributed by atoms with Crippen molar-refractivity contribution in [2.24, 2.45) is 5.92 Å². The van der Waals surface area contributed by atoms with Crippen LogP contribution in [0.4, 0.5) is 4.79 Å². The van der Waals surface area contributed by atoms with Gasteiger partial charge in [-0.25, -0.2) is 9.59 Å². The SMILES string of the molecule is CC[C@H](C)[C@H](NC(=O)N(C)CCSC)C(=O)O. The van der Waals surface area contributed by atoms with Crippen molar-refractivity contribution in [1.29, 1.82) is 0 Å². The van der Waals surface area contributed by atoms with Crippen molar-refractivity contribution in [2.75, 3.05) is 25.6 Å². The third-order valence-corrected chi connectivity index (χ3v) is 3.33. The summed E-state index contributed by atoms with van der Waals surface area (Å²) in [7, 11) is 1.67. The minimum Gasteiger partial charge on any atom is -0.480 e. The van der Waals surface area contributed by atoms with Crippen molar-refractivity contribution in [3.05, 3.63) is 0 Å². The predicted molar refractivity (Wildman–Crippen MR) is 70.4 cm³/mol. The molecule has 17 heavy (non-hydrogen) atoms. The van der Waals surface area contributed by atoms with Crippen LogP contribution in [0.2, 0.25) is 0 Å². The van der Waals surface area contributed by atoms with Gasteiger partial charge in [0.15, 0.2) is 0 Å². The summed E-state index contributed by atoms with van der Waals surface area (Å²) in [5, 5.41) is 11.6. The van der Waals surface area contributed by atoms with E-state index in [1.165, 1.54) is 4.90 Å². The fourth-order valence-electron chi connectivity index (χ4n) is 1.26. The summed E-state index contributed by atoms with van der Waals surface area (Å²) in [6.45, 7) is 4.34. The van der Waals surface area contributed by atoms with E-state index in [9.17, 15) is 9.59 Å². The molecule has 0 saturated carbocycles. The Kier molecular flexibility index (Phi) is 7.78. The molecule has 0 spiro atoms. The second kappa shape index (κ2) is 8.22. The van der Waals surface area contributed by atoms with Crippen LogP contribution in [0.15, 0.2) is 0 Å². The van der Waals surface area contributed by atoms with Crippen LogP contribution < -0.4 is 5.32 Å². The average Bonchev–Trinajstić information content (AvgIpc) is 2.31. The molecule has 2 N–H and O–H groups in total. The van der Waals surface area contributed by atoms with Crippen LogP contribution in [0.3, 0.4) is 0 Å². The van der Waals surface area contributed by atoms with Gasteiger partial charge in [0.2, 0.25) is 0 Å². The minimum absolute atomic E-state index is 0.0783. The molecule has 0 aromatic rings. The summed E-state index contributed by atoms with van der Waals surface area (Å²) in [5.74, 6) is -0.221. The van der Waals surface area contributed by atoms with Crippen LogP contribution in [0.1, 0.15) is 20.3 Å². The van der Waals surface area contributed by atoms with E-state index in [0.717, 1.165) is 5.75 Å². The number of hydrogen-bond donors (Lipinski definition) is 2. The molecular weight excluding hydrogens is 240 g/mol. The smallest absolute Gasteiger partial charge is 0.326 e. The van der Waals surface area contributed by atoms with Crippen LogP contribution in [-0.4, -0.2) is 53.6 Å². The second-order valence-corrected chi connectivity index (χ2v) is 5.05. The molecule has 0 aromatic carbocycles. The van der Waals surface area contributed by atoms with Gasteiger partial charge < -0.3 is 15.3 Å². The molecule has 0 radical (unpaired) electrons. The van der Waals surface area contributed by atoms with E-state index in [-0.39, 0.29) is 11.9 Å². The number of nitrogens with one attached hydrogen (secondary N) is 1. The number of urea groups is 1. The van der Waals surface area contributed by atoms with Crippen molar-refractivity contribution in [1.82, 2.24) is 10.2 Å². The number of hydrogen-bond acceptors (Lipinski definition) is 3. The third kappa shape index (κ3) is 5.81. The molecular formula is C11H22N2O3S. The van der Waals surface area contributed by atoms with Gasteiger partial charge in [-0.15, -0.1) is 0 Å². The van der Waals surface area contributed by atoms with Crippen molar-refractivity contribution in [2.45, 2.75) is 26.3 Å². The number of amides is 2. The summed E-state index contributed by atoms with van der Waals surface area (Å²) in [5.41, 5.74) is 0. The highest BCUT2D eigenvalue weighted by molar-refractivity contribution is 7.98. The molecule has 2 atom stereocenters. The van der Waals surface area contributed by atoms with Gasteiger partial charge in [0.25, 0.3) is 0 Å². The maximum Gasteiger partial charge on any atom is 0.326 e. The van der Waals surface area contributed by atoms with Gasteiger partial charge in [0, 0.05) is 19.3 Å². The zero-order valence-corrected chi connectivity index (χ0v) is 11.7. The first-order chi connectivity index (χ1) is 7.93. The molecule has 0 rings (SSSR count). The Labute approximate surface area is 107 Å². The number of rotatable bonds is 7.